The number of alkyl halides is 1. The minimum Gasteiger partial charge on any atom is -0.377 e. The van der Waals surface area contributed by atoms with E-state index in [4.69, 9.17) is 5.26 Å². The first-order chi connectivity index (χ1) is 3.84. The molecule has 0 spiro atoms. The van der Waals surface area contributed by atoms with Gasteiger partial charge in [0.25, 0.3) is 0 Å². The zero-order chi connectivity index (χ0) is 5.98. The van der Waals surface area contributed by atoms with Crippen molar-refractivity contribution in [3.63, 3.8) is 0 Å². The number of halogens is 1. The van der Waals surface area contributed by atoms with Crippen LogP contribution in [0.4, 0.5) is 4.39 Å². The molecule has 3 heteroatoms. The highest BCUT2D eigenvalue weighted by Gasteiger charge is 2.27. The van der Waals surface area contributed by atoms with Crippen LogP contribution in [0.15, 0.2) is 0 Å². The fourth-order valence-electron chi connectivity index (χ4n) is 0.646. The predicted molar refractivity (Wildman–Crippen MR) is 24.8 cm³/mol. The molecule has 0 amide bonds. The van der Waals surface area contributed by atoms with Gasteiger partial charge in [-0.3, -0.25) is 0 Å². The van der Waals surface area contributed by atoms with Gasteiger partial charge in [0.15, 0.2) is 0 Å². The first-order valence-electron chi connectivity index (χ1n) is 2.46. The first kappa shape index (κ1) is 5.52. The van der Waals surface area contributed by atoms with E-state index in [9.17, 15) is 4.39 Å². The number of ether oxygens (including phenoxy) is 1. The Morgan fingerprint density at radius 1 is 1.62 bits per heavy atom. The van der Waals surface area contributed by atoms with Gasteiger partial charge in [-0.1, -0.05) is 0 Å². The Balaban J connectivity index is 2.45. The summed E-state index contributed by atoms with van der Waals surface area (Å²) in [6.45, 7) is 0.357. The fourth-order valence-corrected chi connectivity index (χ4v) is 0.646. The molecule has 0 aromatic heterocycles. The van der Waals surface area contributed by atoms with E-state index in [1.807, 2.05) is 6.07 Å². The smallest absolute Gasteiger partial charge is 0.141 e. The van der Waals surface area contributed by atoms with Crippen molar-refractivity contribution < 1.29 is 9.13 Å². The highest BCUT2D eigenvalue weighted by molar-refractivity contribution is 4.91. The summed E-state index contributed by atoms with van der Waals surface area (Å²) in [6, 6.07) is 1.81. The van der Waals surface area contributed by atoms with Crippen molar-refractivity contribution in [1.29, 1.82) is 5.26 Å². The minimum absolute atomic E-state index is 0.0955. The zero-order valence-electron chi connectivity index (χ0n) is 4.30. The third-order valence-electron chi connectivity index (χ3n) is 1.18. The normalized spacial score (nSPS) is 37.0. The van der Waals surface area contributed by atoms with Gasteiger partial charge >= 0.3 is 0 Å². The van der Waals surface area contributed by atoms with Crippen LogP contribution in [0.3, 0.4) is 0 Å². The number of hydrogen-bond donors (Lipinski definition) is 0. The summed E-state index contributed by atoms with van der Waals surface area (Å²) < 4.78 is 16.9. The van der Waals surface area contributed by atoms with E-state index in [0.29, 0.717) is 0 Å². The standard InChI is InChI=1S/C5H6FNO/c6-5-3-8-2-4(5)1-7/h4-5H,2-3H2/t4-,5+/m0/s1. The third-order valence-corrected chi connectivity index (χ3v) is 1.18. The Hall–Kier alpha value is -0.620. The van der Waals surface area contributed by atoms with Crippen LogP contribution in [-0.4, -0.2) is 19.4 Å². The summed E-state index contributed by atoms with van der Waals surface area (Å²) in [6.07, 6.45) is -1.06. The van der Waals surface area contributed by atoms with Gasteiger partial charge in [0, 0.05) is 0 Å². The van der Waals surface area contributed by atoms with Crippen molar-refractivity contribution in [3.8, 4) is 6.07 Å². The first-order valence-corrected chi connectivity index (χ1v) is 2.46. The van der Waals surface area contributed by atoms with E-state index in [0.717, 1.165) is 0 Å². The van der Waals surface area contributed by atoms with Gasteiger partial charge in [-0.05, 0) is 0 Å². The van der Waals surface area contributed by atoms with E-state index in [2.05, 4.69) is 4.74 Å². The monoisotopic (exact) mass is 115 g/mol. The highest BCUT2D eigenvalue weighted by Crippen LogP contribution is 2.14. The molecule has 44 valence electrons. The Morgan fingerprint density at radius 3 is 2.62 bits per heavy atom. The highest BCUT2D eigenvalue weighted by atomic mass is 19.1. The molecule has 1 aliphatic rings. The second-order valence-electron chi connectivity index (χ2n) is 1.79. The number of nitrogens with zero attached hydrogens (tertiary/aromatic N) is 1. The lowest BCUT2D eigenvalue weighted by molar-refractivity contribution is 0.173. The van der Waals surface area contributed by atoms with Crippen LogP contribution < -0.4 is 0 Å². The third kappa shape index (κ3) is 0.797. The van der Waals surface area contributed by atoms with E-state index in [1.165, 1.54) is 0 Å². The summed E-state index contributed by atoms with van der Waals surface area (Å²) >= 11 is 0. The average molecular weight is 115 g/mol. The molecule has 0 aromatic rings. The molecular weight excluding hydrogens is 109 g/mol. The average Bonchev–Trinajstić information content (AvgIpc) is 2.14. The molecule has 0 aromatic carbocycles. The summed E-state index contributed by atoms with van der Waals surface area (Å²) in [7, 11) is 0. The molecule has 2 nitrogen and oxygen atoms in total. The van der Waals surface area contributed by atoms with Crippen LogP contribution in [0.2, 0.25) is 0 Å². The molecule has 0 N–H and O–H groups in total. The molecule has 1 aliphatic heterocycles. The van der Waals surface area contributed by atoms with Gasteiger partial charge in [-0.15, -0.1) is 0 Å². The summed E-state index contributed by atoms with van der Waals surface area (Å²) in [5, 5.41) is 8.17. The summed E-state index contributed by atoms with van der Waals surface area (Å²) in [4.78, 5) is 0. The van der Waals surface area contributed by atoms with Crippen LogP contribution in [0.25, 0.3) is 0 Å². The van der Waals surface area contributed by atoms with Crippen molar-refractivity contribution in [1.82, 2.24) is 0 Å². The van der Waals surface area contributed by atoms with E-state index < -0.39 is 12.1 Å². The van der Waals surface area contributed by atoms with Gasteiger partial charge < -0.3 is 4.74 Å². The molecule has 0 radical (unpaired) electrons. The van der Waals surface area contributed by atoms with Gasteiger partial charge in [-0.2, -0.15) is 5.26 Å². The molecule has 0 aliphatic carbocycles. The maximum absolute atomic E-state index is 12.2. The van der Waals surface area contributed by atoms with E-state index >= 15 is 0 Å². The SMILES string of the molecule is N#C[C@H]1COC[C@H]1F. The predicted octanol–water partition coefficient (Wildman–Crippen LogP) is 0.494. The molecule has 8 heavy (non-hydrogen) atoms. The Bertz CT molecular complexity index is 120. The molecule has 1 heterocycles. The van der Waals surface area contributed by atoms with Crippen molar-refractivity contribution in [2.24, 2.45) is 5.92 Å². The van der Waals surface area contributed by atoms with Crippen LogP contribution >= 0.6 is 0 Å². The van der Waals surface area contributed by atoms with Crippen LogP contribution in [-0.2, 0) is 4.74 Å². The topological polar surface area (TPSA) is 33.0 Å². The lowest BCUT2D eigenvalue weighted by atomic mass is 10.1. The molecule has 1 rings (SSSR count). The summed E-state index contributed by atoms with van der Waals surface area (Å²) in [5.41, 5.74) is 0. The quantitative estimate of drug-likeness (QED) is 0.460. The maximum Gasteiger partial charge on any atom is 0.141 e. The van der Waals surface area contributed by atoms with Gasteiger partial charge in [0.05, 0.1) is 19.3 Å². The molecule has 0 unspecified atom stereocenters. The molecule has 0 bridgehead atoms. The van der Waals surface area contributed by atoms with Crippen molar-refractivity contribution in [2.45, 2.75) is 6.17 Å². The summed E-state index contributed by atoms with van der Waals surface area (Å²) in [5.74, 6) is -0.519. The Kier molecular flexibility index (Phi) is 1.45. The number of hydrogen-bond acceptors (Lipinski definition) is 2. The van der Waals surface area contributed by atoms with Gasteiger partial charge in [0.2, 0.25) is 0 Å². The number of rotatable bonds is 0. The largest absolute Gasteiger partial charge is 0.377 e. The Labute approximate surface area is 46.9 Å². The van der Waals surface area contributed by atoms with E-state index in [-0.39, 0.29) is 13.2 Å². The lowest BCUT2D eigenvalue weighted by Gasteiger charge is -1.94. The van der Waals surface area contributed by atoms with E-state index in [1.54, 1.807) is 0 Å². The number of nitriles is 1. The van der Waals surface area contributed by atoms with Gasteiger partial charge in [0.1, 0.15) is 12.1 Å². The second-order valence-corrected chi connectivity index (χ2v) is 1.79. The molecular formula is C5H6FNO. The maximum atomic E-state index is 12.2. The molecule has 2 atom stereocenters. The Morgan fingerprint density at radius 2 is 2.38 bits per heavy atom. The van der Waals surface area contributed by atoms with Crippen molar-refractivity contribution in [2.75, 3.05) is 13.2 Å². The second kappa shape index (κ2) is 2.10. The fraction of sp³-hybridized carbons (Fsp3) is 0.800. The van der Waals surface area contributed by atoms with Crippen LogP contribution in [0.5, 0.6) is 0 Å². The molecule has 1 saturated heterocycles. The van der Waals surface area contributed by atoms with Crippen LogP contribution in [0.1, 0.15) is 0 Å². The lowest BCUT2D eigenvalue weighted by Crippen LogP contribution is -2.09. The van der Waals surface area contributed by atoms with Gasteiger partial charge in [-0.25, -0.2) is 4.39 Å². The minimum atomic E-state index is -1.06. The zero-order valence-corrected chi connectivity index (χ0v) is 4.30. The van der Waals surface area contributed by atoms with Crippen molar-refractivity contribution in [3.05, 3.63) is 0 Å². The van der Waals surface area contributed by atoms with Crippen LogP contribution in [0, 0.1) is 17.2 Å². The molecule has 0 saturated carbocycles. The van der Waals surface area contributed by atoms with Crippen molar-refractivity contribution >= 4 is 0 Å². The molecule has 1 fully saturated rings.